The summed E-state index contributed by atoms with van der Waals surface area (Å²) in [6, 6.07) is 8.75. The molecule has 0 radical (unpaired) electrons. The molecule has 0 aliphatic carbocycles. The molecule has 148 valence electrons. The summed E-state index contributed by atoms with van der Waals surface area (Å²) in [7, 11) is 1.81. The van der Waals surface area contributed by atoms with Crippen LogP contribution in [0.2, 0.25) is 0 Å². The van der Waals surface area contributed by atoms with Gasteiger partial charge in [-0.25, -0.2) is 0 Å². The molecule has 1 aliphatic heterocycles. The minimum Gasteiger partial charge on any atom is -0.355 e. The van der Waals surface area contributed by atoms with E-state index in [2.05, 4.69) is 66.5 Å². The highest BCUT2D eigenvalue weighted by molar-refractivity contribution is 14.0. The molecule has 1 aromatic carbocycles. The zero-order valence-electron chi connectivity index (χ0n) is 16.2. The number of benzene rings is 1. The van der Waals surface area contributed by atoms with Crippen molar-refractivity contribution in [1.29, 1.82) is 0 Å². The van der Waals surface area contributed by atoms with Gasteiger partial charge in [0.15, 0.2) is 5.96 Å². The van der Waals surface area contributed by atoms with E-state index in [1.165, 1.54) is 11.1 Å². The first-order valence-corrected chi connectivity index (χ1v) is 9.40. The van der Waals surface area contributed by atoms with Gasteiger partial charge in [0.25, 0.3) is 0 Å². The van der Waals surface area contributed by atoms with Gasteiger partial charge in [0.05, 0.1) is 0 Å². The van der Waals surface area contributed by atoms with E-state index in [-0.39, 0.29) is 24.0 Å². The third-order valence-corrected chi connectivity index (χ3v) is 4.81. The van der Waals surface area contributed by atoms with Gasteiger partial charge in [-0.3, -0.25) is 9.89 Å². The number of aromatic nitrogens is 3. The van der Waals surface area contributed by atoms with Gasteiger partial charge in [0.2, 0.25) is 0 Å². The molecule has 1 aromatic heterocycles. The molecule has 2 heterocycles. The van der Waals surface area contributed by atoms with E-state index >= 15 is 0 Å². The minimum atomic E-state index is 0. The van der Waals surface area contributed by atoms with Crippen LogP contribution in [0.3, 0.4) is 0 Å². The Morgan fingerprint density at radius 2 is 1.89 bits per heavy atom. The second-order valence-electron chi connectivity index (χ2n) is 6.51. The molecule has 0 amide bonds. The Hall–Kier alpha value is -1.68. The van der Waals surface area contributed by atoms with E-state index < -0.39 is 0 Å². The highest BCUT2D eigenvalue weighted by Gasteiger charge is 2.15. The molecule has 0 fully saturated rings. The predicted octanol–water partition coefficient (Wildman–Crippen LogP) is 1.68. The zero-order valence-corrected chi connectivity index (χ0v) is 18.5. The van der Waals surface area contributed by atoms with Crippen LogP contribution in [-0.2, 0) is 25.9 Å². The lowest BCUT2D eigenvalue weighted by Gasteiger charge is -2.28. The van der Waals surface area contributed by atoms with Crippen molar-refractivity contribution in [3.63, 3.8) is 0 Å². The first-order valence-electron chi connectivity index (χ1n) is 9.40. The summed E-state index contributed by atoms with van der Waals surface area (Å²) >= 11 is 0. The number of hydrogen-bond acceptors (Lipinski definition) is 4. The molecule has 27 heavy (non-hydrogen) atoms. The summed E-state index contributed by atoms with van der Waals surface area (Å²) in [4.78, 5) is 6.80. The number of nitrogens with one attached hydrogen (secondary N) is 2. The average molecular weight is 483 g/mol. The SMILES string of the molecule is CCc1nncn1CCNC(=NC)NCCN1CCc2ccccc2C1.I. The Labute approximate surface area is 178 Å². The topological polar surface area (TPSA) is 70.4 Å². The highest BCUT2D eigenvalue weighted by atomic mass is 127. The van der Waals surface area contributed by atoms with Crippen molar-refractivity contribution < 1.29 is 0 Å². The molecule has 2 N–H and O–H groups in total. The van der Waals surface area contributed by atoms with E-state index in [0.29, 0.717) is 0 Å². The molecule has 0 atom stereocenters. The first-order chi connectivity index (χ1) is 12.8. The molecule has 2 aromatic rings. The van der Waals surface area contributed by atoms with E-state index in [1.54, 1.807) is 6.33 Å². The molecule has 8 heteroatoms. The Morgan fingerprint density at radius 3 is 2.63 bits per heavy atom. The number of nitrogens with zero attached hydrogens (tertiary/aromatic N) is 5. The smallest absolute Gasteiger partial charge is 0.191 e. The molecule has 7 nitrogen and oxygen atoms in total. The van der Waals surface area contributed by atoms with Crippen LogP contribution in [0, 0.1) is 0 Å². The Morgan fingerprint density at radius 1 is 1.15 bits per heavy atom. The van der Waals surface area contributed by atoms with Gasteiger partial charge in [-0.15, -0.1) is 34.2 Å². The summed E-state index contributed by atoms with van der Waals surface area (Å²) in [5.41, 5.74) is 2.96. The lowest BCUT2D eigenvalue weighted by atomic mass is 10.00. The third kappa shape index (κ3) is 6.17. The summed E-state index contributed by atoms with van der Waals surface area (Å²) in [5, 5.41) is 14.8. The highest BCUT2D eigenvalue weighted by Crippen LogP contribution is 2.17. The monoisotopic (exact) mass is 483 g/mol. The molecular formula is C19H30IN7. The summed E-state index contributed by atoms with van der Waals surface area (Å²) in [5.74, 6) is 1.86. The largest absolute Gasteiger partial charge is 0.355 e. The van der Waals surface area contributed by atoms with Crippen molar-refractivity contribution in [1.82, 2.24) is 30.3 Å². The fraction of sp³-hybridized carbons (Fsp3) is 0.526. The van der Waals surface area contributed by atoms with E-state index in [9.17, 15) is 0 Å². The van der Waals surface area contributed by atoms with E-state index in [0.717, 1.165) is 63.9 Å². The molecule has 3 rings (SSSR count). The number of fused-ring (bicyclic) bond motifs is 1. The van der Waals surface area contributed by atoms with Gasteiger partial charge >= 0.3 is 0 Å². The Balaban J connectivity index is 0.00000261. The summed E-state index contributed by atoms with van der Waals surface area (Å²) in [6.07, 6.45) is 3.82. The Kier molecular flexibility index (Phi) is 8.99. The lowest BCUT2D eigenvalue weighted by Crippen LogP contribution is -2.43. The van der Waals surface area contributed by atoms with Crippen molar-refractivity contribution in [2.24, 2.45) is 4.99 Å². The van der Waals surface area contributed by atoms with E-state index in [4.69, 9.17) is 0 Å². The number of halogens is 1. The van der Waals surface area contributed by atoms with Gasteiger partial charge in [0.1, 0.15) is 12.2 Å². The number of guanidine groups is 1. The van der Waals surface area contributed by atoms with E-state index in [1.807, 2.05) is 7.05 Å². The number of hydrogen-bond donors (Lipinski definition) is 2. The molecule has 0 spiro atoms. The number of rotatable bonds is 7. The van der Waals surface area contributed by atoms with Gasteiger partial charge in [0, 0.05) is 52.7 Å². The van der Waals surface area contributed by atoms with Gasteiger partial charge in [-0.2, -0.15) is 0 Å². The molecule has 0 unspecified atom stereocenters. The second-order valence-corrected chi connectivity index (χ2v) is 6.51. The van der Waals surface area contributed by atoms with Crippen LogP contribution < -0.4 is 10.6 Å². The van der Waals surface area contributed by atoms with Crippen molar-refractivity contribution in [3.05, 3.63) is 47.5 Å². The fourth-order valence-corrected chi connectivity index (χ4v) is 3.33. The molecule has 0 bridgehead atoms. The van der Waals surface area contributed by atoms with Crippen LogP contribution in [-0.4, -0.2) is 58.9 Å². The Bertz CT molecular complexity index is 728. The standard InChI is InChI=1S/C19H29N7.HI/c1-3-18-24-23-15-26(18)13-10-22-19(20-2)21-9-12-25-11-8-16-6-4-5-7-17(16)14-25;/h4-7,15H,3,8-14H2,1-2H3,(H2,20,21,22);1H. The van der Waals surface area contributed by atoms with Crippen molar-refractivity contribution in [2.45, 2.75) is 32.9 Å². The lowest BCUT2D eigenvalue weighted by molar-refractivity contribution is 0.258. The van der Waals surface area contributed by atoms with Gasteiger partial charge < -0.3 is 15.2 Å². The maximum Gasteiger partial charge on any atom is 0.191 e. The van der Waals surface area contributed by atoms with Crippen molar-refractivity contribution in [3.8, 4) is 0 Å². The maximum atomic E-state index is 4.30. The quantitative estimate of drug-likeness (QED) is 0.357. The molecule has 0 saturated heterocycles. The molecule has 1 aliphatic rings. The molecule has 0 saturated carbocycles. The molecular weight excluding hydrogens is 453 g/mol. The third-order valence-electron chi connectivity index (χ3n) is 4.81. The van der Waals surface area contributed by atoms with Crippen LogP contribution in [0.1, 0.15) is 23.9 Å². The van der Waals surface area contributed by atoms with Crippen LogP contribution in [0.5, 0.6) is 0 Å². The van der Waals surface area contributed by atoms with Gasteiger partial charge in [-0.05, 0) is 17.5 Å². The summed E-state index contributed by atoms with van der Waals surface area (Å²) < 4.78 is 2.07. The van der Waals surface area contributed by atoms with Crippen LogP contribution in [0.4, 0.5) is 0 Å². The average Bonchev–Trinajstić information content (AvgIpc) is 3.14. The normalized spacial score (nSPS) is 14.4. The van der Waals surface area contributed by atoms with Crippen molar-refractivity contribution in [2.75, 3.05) is 33.2 Å². The first kappa shape index (κ1) is 21.6. The van der Waals surface area contributed by atoms with Crippen LogP contribution in [0.25, 0.3) is 0 Å². The van der Waals surface area contributed by atoms with Crippen LogP contribution in [0.15, 0.2) is 35.6 Å². The van der Waals surface area contributed by atoms with Crippen molar-refractivity contribution >= 4 is 29.9 Å². The van der Waals surface area contributed by atoms with Gasteiger partial charge in [-0.1, -0.05) is 31.2 Å². The number of aryl methyl sites for hydroxylation is 1. The minimum absolute atomic E-state index is 0. The summed E-state index contributed by atoms with van der Waals surface area (Å²) in [6.45, 7) is 7.78. The maximum absolute atomic E-state index is 4.30. The fourth-order valence-electron chi connectivity index (χ4n) is 3.33. The number of aliphatic imine (C=N–C) groups is 1. The second kappa shape index (κ2) is 11.2. The van der Waals surface area contributed by atoms with Crippen LogP contribution >= 0.6 is 24.0 Å². The zero-order chi connectivity index (χ0) is 18.2. The predicted molar refractivity (Wildman–Crippen MR) is 120 cm³/mol.